The average Bonchev–Trinajstić information content (AvgIpc) is 2.92. The lowest BCUT2D eigenvalue weighted by atomic mass is 10.1. The lowest BCUT2D eigenvalue weighted by Gasteiger charge is -2.27. The molecule has 24 heavy (non-hydrogen) atoms. The van der Waals surface area contributed by atoms with E-state index in [0.29, 0.717) is 28.1 Å². The minimum absolute atomic E-state index is 0.142. The number of hydrogen-bond donors (Lipinski definition) is 1. The first kappa shape index (κ1) is 16.9. The van der Waals surface area contributed by atoms with Crippen molar-refractivity contribution in [2.24, 2.45) is 0 Å². The van der Waals surface area contributed by atoms with Gasteiger partial charge in [0.15, 0.2) is 16.3 Å². The molecule has 1 aliphatic rings. The molecule has 0 aliphatic carbocycles. The molecule has 128 valence electrons. The van der Waals surface area contributed by atoms with E-state index in [1.807, 2.05) is 4.57 Å². The first-order chi connectivity index (χ1) is 11.6. The molecule has 0 radical (unpaired) electrons. The molecular weight excluding hydrogens is 322 g/mol. The Kier molecular flexibility index (Phi) is 5.14. The molecule has 1 saturated heterocycles. The number of rotatable bonds is 4. The van der Waals surface area contributed by atoms with Crippen molar-refractivity contribution in [1.82, 2.24) is 19.5 Å². The van der Waals surface area contributed by atoms with E-state index in [0.717, 1.165) is 31.9 Å². The van der Waals surface area contributed by atoms with Crippen molar-refractivity contribution in [3.05, 3.63) is 10.4 Å². The van der Waals surface area contributed by atoms with E-state index in [1.165, 1.54) is 18.2 Å². The summed E-state index contributed by atoms with van der Waals surface area (Å²) in [7, 11) is 0. The molecule has 7 heteroatoms. The van der Waals surface area contributed by atoms with Crippen LogP contribution in [0, 0.1) is 11.8 Å². The molecule has 1 N–H and O–H groups in total. The van der Waals surface area contributed by atoms with Crippen LogP contribution < -0.4 is 10.5 Å². The van der Waals surface area contributed by atoms with Crippen molar-refractivity contribution in [2.45, 2.75) is 57.0 Å². The molecule has 2 aromatic heterocycles. The molecule has 0 spiro atoms. The van der Waals surface area contributed by atoms with E-state index in [2.05, 4.69) is 40.6 Å². The Morgan fingerprint density at radius 2 is 2.00 bits per heavy atom. The summed E-state index contributed by atoms with van der Waals surface area (Å²) in [5, 5.41) is 0.971. The summed E-state index contributed by atoms with van der Waals surface area (Å²) in [5.41, 5.74) is 0.892. The molecule has 0 unspecified atom stereocenters. The Labute approximate surface area is 146 Å². The predicted molar refractivity (Wildman–Crippen MR) is 98.7 cm³/mol. The smallest absolute Gasteiger partial charge is 0.277 e. The summed E-state index contributed by atoms with van der Waals surface area (Å²) < 4.78 is 1.91. The highest BCUT2D eigenvalue weighted by Gasteiger charge is 2.22. The van der Waals surface area contributed by atoms with Gasteiger partial charge in [-0.25, -0.2) is 4.98 Å². The van der Waals surface area contributed by atoms with Crippen LogP contribution in [0.5, 0.6) is 0 Å². The number of H-pyrrole nitrogens is 1. The predicted octanol–water partition coefficient (Wildman–Crippen LogP) is 2.63. The molecular formula is C17H23N5OS. The van der Waals surface area contributed by atoms with Gasteiger partial charge in [0.1, 0.15) is 0 Å². The number of piperidine rings is 1. The number of nitrogens with one attached hydrogen (secondary N) is 1. The third kappa shape index (κ3) is 3.44. The van der Waals surface area contributed by atoms with Crippen molar-refractivity contribution in [3.63, 3.8) is 0 Å². The van der Waals surface area contributed by atoms with Crippen molar-refractivity contribution in [2.75, 3.05) is 18.0 Å². The SMILES string of the molecule is CC#CCn1c(N2CCCCC2)nc2nc(SC(C)C)[nH]c(=O)c21. The number of aromatic nitrogens is 4. The van der Waals surface area contributed by atoms with Crippen LogP contribution in [0.3, 0.4) is 0 Å². The van der Waals surface area contributed by atoms with Crippen LogP contribution in [0.15, 0.2) is 9.95 Å². The number of nitrogens with zero attached hydrogens (tertiary/aromatic N) is 4. The van der Waals surface area contributed by atoms with E-state index < -0.39 is 0 Å². The number of anilines is 1. The van der Waals surface area contributed by atoms with Crippen molar-refractivity contribution >= 4 is 28.9 Å². The highest BCUT2D eigenvalue weighted by atomic mass is 32.2. The van der Waals surface area contributed by atoms with Crippen LogP contribution in [0.1, 0.15) is 40.0 Å². The van der Waals surface area contributed by atoms with Gasteiger partial charge in [0.2, 0.25) is 5.95 Å². The average molecular weight is 345 g/mol. The second-order valence-electron chi connectivity index (χ2n) is 6.18. The van der Waals surface area contributed by atoms with E-state index in [-0.39, 0.29) is 5.56 Å². The Bertz CT molecular complexity index is 836. The third-order valence-electron chi connectivity index (χ3n) is 3.97. The molecule has 0 atom stereocenters. The van der Waals surface area contributed by atoms with Crippen molar-refractivity contribution in [3.8, 4) is 11.8 Å². The van der Waals surface area contributed by atoms with E-state index >= 15 is 0 Å². The summed E-state index contributed by atoms with van der Waals surface area (Å²) in [6, 6.07) is 0. The molecule has 1 fully saturated rings. The number of imidazole rings is 1. The normalized spacial score (nSPS) is 14.9. The van der Waals surface area contributed by atoms with Gasteiger partial charge < -0.3 is 4.90 Å². The van der Waals surface area contributed by atoms with Crippen LogP contribution >= 0.6 is 11.8 Å². The Morgan fingerprint density at radius 3 is 2.67 bits per heavy atom. The van der Waals surface area contributed by atoms with E-state index in [4.69, 9.17) is 4.98 Å². The van der Waals surface area contributed by atoms with Gasteiger partial charge >= 0.3 is 0 Å². The maximum absolute atomic E-state index is 12.6. The molecule has 2 aromatic rings. The minimum Gasteiger partial charge on any atom is -0.342 e. The standard InChI is InChI=1S/C17H23N5OS/c1-4-5-11-22-13-14(18-16(20-15(13)23)24-12(2)3)19-17(22)21-9-7-6-8-10-21/h12H,6-11H2,1-3H3,(H,18,20,23). The van der Waals surface area contributed by atoms with Gasteiger partial charge in [0.25, 0.3) is 5.56 Å². The fourth-order valence-electron chi connectivity index (χ4n) is 2.93. The van der Waals surface area contributed by atoms with Crippen LogP contribution in [0.25, 0.3) is 11.2 Å². The highest BCUT2D eigenvalue weighted by Crippen LogP contribution is 2.24. The Morgan fingerprint density at radius 1 is 1.25 bits per heavy atom. The van der Waals surface area contributed by atoms with Crippen LogP contribution in [0.4, 0.5) is 5.95 Å². The summed E-state index contributed by atoms with van der Waals surface area (Å²) in [6.45, 7) is 8.34. The van der Waals surface area contributed by atoms with Crippen LogP contribution in [-0.4, -0.2) is 37.9 Å². The topological polar surface area (TPSA) is 66.8 Å². The zero-order valence-corrected chi connectivity index (χ0v) is 15.2. The quantitative estimate of drug-likeness (QED) is 0.524. The molecule has 0 aromatic carbocycles. The molecule has 0 saturated carbocycles. The molecule has 3 heterocycles. The van der Waals surface area contributed by atoms with Crippen LogP contribution in [0.2, 0.25) is 0 Å². The lowest BCUT2D eigenvalue weighted by molar-refractivity contribution is 0.561. The Balaban J connectivity index is 2.12. The van der Waals surface area contributed by atoms with E-state index in [1.54, 1.807) is 6.92 Å². The van der Waals surface area contributed by atoms with Crippen molar-refractivity contribution in [1.29, 1.82) is 0 Å². The monoisotopic (exact) mass is 345 g/mol. The van der Waals surface area contributed by atoms with Gasteiger partial charge in [-0.15, -0.1) is 5.92 Å². The van der Waals surface area contributed by atoms with Gasteiger partial charge in [-0.2, -0.15) is 4.98 Å². The van der Waals surface area contributed by atoms with Gasteiger partial charge in [0.05, 0.1) is 6.54 Å². The Hall–Kier alpha value is -1.94. The first-order valence-corrected chi connectivity index (χ1v) is 9.30. The fraction of sp³-hybridized carbons (Fsp3) is 0.588. The number of aromatic amines is 1. The van der Waals surface area contributed by atoms with Crippen LogP contribution in [-0.2, 0) is 6.54 Å². The first-order valence-electron chi connectivity index (χ1n) is 8.42. The molecule has 0 bridgehead atoms. The molecule has 0 amide bonds. The lowest BCUT2D eigenvalue weighted by Crippen LogP contribution is -2.32. The zero-order chi connectivity index (χ0) is 17.1. The molecule has 6 nitrogen and oxygen atoms in total. The second kappa shape index (κ2) is 7.31. The van der Waals surface area contributed by atoms with E-state index in [9.17, 15) is 4.79 Å². The molecule has 3 rings (SSSR count). The number of hydrogen-bond acceptors (Lipinski definition) is 5. The van der Waals surface area contributed by atoms with Crippen molar-refractivity contribution < 1.29 is 0 Å². The fourth-order valence-corrected chi connectivity index (χ4v) is 3.67. The zero-order valence-electron chi connectivity index (χ0n) is 14.4. The largest absolute Gasteiger partial charge is 0.342 e. The third-order valence-corrected chi connectivity index (χ3v) is 4.86. The highest BCUT2D eigenvalue weighted by molar-refractivity contribution is 7.99. The number of thioether (sulfide) groups is 1. The maximum Gasteiger partial charge on any atom is 0.277 e. The summed E-state index contributed by atoms with van der Waals surface area (Å²) in [6.07, 6.45) is 3.56. The summed E-state index contributed by atoms with van der Waals surface area (Å²) >= 11 is 1.54. The summed E-state index contributed by atoms with van der Waals surface area (Å²) in [4.78, 5) is 27.0. The second-order valence-corrected chi connectivity index (χ2v) is 7.75. The van der Waals surface area contributed by atoms with Gasteiger partial charge in [-0.3, -0.25) is 14.3 Å². The number of fused-ring (bicyclic) bond motifs is 1. The van der Waals surface area contributed by atoms with Gasteiger partial charge in [-0.1, -0.05) is 31.5 Å². The molecule has 1 aliphatic heterocycles. The minimum atomic E-state index is -0.142. The van der Waals surface area contributed by atoms with Gasteiger partial charge in [-0.05, 0) is 26.2 Å². The maximum atomic E-state index is 12.6. The summed E-state index contributed by atoms with van der Waals surface area (Å²) in [5.74, 6) is 6.78. The van der Waals surface area contributed by atoms with Gasteiger partial charge in [0, 0.05) is 18.3 Å².